The maximum atomic E-state index is 7.62. The van der Waals surface area contributed by atoms with Crippen LogP contribution in [0.1, 0.15) is 0 Å². The van der Waals surface area contributed by atoms with Gasteiger partial charge in [0.05, 0.1) is 26.4 Å². The summed E-state index contributed by atoms with van der Waals surface area (Å²) >= 11 is 0. The minimum absolute atomic E-state index is 0. The van der Waals surface area contributed by atoms with Crippen molar-refractivity contribution < 1.29 is 20.4 Å². The summed E-state index contributed by atoms with van der Waals surface area (Å²) in [5, 5.41) is 30.5. The number of aliphatic hydroxyl groups is 4. The zero-order valence-electron chi connectivity index (χ0n) is 5.32. The monoisotopic (exact) mass is 148 g/mol. The van der Waals surface area contributed by atoms with E-state index in [1.165, 1.54) is 0 Å². The highest BCUT2D eigenvalue weighted by Crippen LogP contribution is 1.40. The van der Waals surface area contributed by atoms with Crippen LogP contribution in [0.4, 0.5) is 0 Å². The number of hydrogen-bond donors (Lipinski definition) is 4. The Bertz CT molecular complexity index is 20.5. The molecule has 0 spiro atoms. The van der Waals surface area contributed by atoms with Gasteiger partial charge in [-0.2, -0.15) is 0 Å². The summed E-state index contributed by atoms with van der Waals surface area (Å²) in [6, 6.07) is 0. The molecule has 0 rings (SSSR count). The molecule has 4 nitrogen and oxygen atoms in total. The topological polar surface area (TPSA) is 80.9 Å². The van der Waals surface area contributed by atoms with Crippen LogP contribution in [0.25, 0.3) is 0 Å². The Hall–Kier alpha value is 0.606. The lowest BCUT2D eigenvalue weighted by Crippen LogP contribution is -1.85. The van der Waals surface area contributed by atoms with Crippen molar-refractivity contribution in [1.29, 1.82) is 0 Å². The highest BCUT2D eigenvalue weighted by Gasteiger charge is 1.58. The van der Waals surface area contributed by atoms with E-state index in [1.54, 1.807) is 0 Å². The molecule has 9 heavy (non-hydrogen) atoms. The van der Waals surface area contributed by atoms with Gasteiger partial charge < -0.3 is 20.4 Å². The highest BCUT2D eigenvalue weighted by molar-refractivity contribution is 5.75. The fourth-order valence-corrected chi connectivity index (χ4v) is 0. The van der Waals surface area contributed by atoms with Gasteiger partial charge in [-0.1, -0.05) is 0 Å². The van der Waals surface area contributed by atoms with E-state index in [-0.39, 0.29) is 49.5 Å². The van der Waals surface area contributed by atoms with Gasteiger partial charge in [-0.15, -0.1) is 0 Å². The molecule has 4 N–H and O–H groups in total. The van der Waals surface area contributed by atoms with E-state index >= 15 is 0 Å². The van der Waals surface area contributed by atoms with Crippen molar-refractivity contribution in [3.63, 3.8) is 0 Å². The Labute approximate surface area is 70.3 Å². The lowest BCUT2D eigenvalue weighted by molar-refractivity contribution is 0.186. The van der Waals surface area contributed by atoms with E-state index in [2.05, 4.69) is 0 Å². The molecule has 0 aromatic rings. The third-order valence-electron chi connectivity index (χ3n) is 0.200. The van der Waals surface area contributed by atoms with Crippen LogP contribution in [0.5, 0.6) is 0 Å². The second kappa shape index (κ2) is 23.5. The maximum absolute atomic E-state index is 7.62. The third-order valence-corrected chi connectivity index (χ3v) is 0.200. The van der Waals surface area contributed by atoms with Gasteiger partial charge in [-0.3, -0.25) is 0 Å². The summed E-state index contributed by atoms with van der Waals surface area (Å²) in [5.41, 5.74) is 0. The predicted molar refractivity (Wildman–Crippen MR) is 34.1 cm³/mol. The standard InChI is InChI=1S/2C2H6O2.Mg/c2*3-1-2-4;/h2*3-4H,1-2H2;. The molecule has 0 saturated heterocycles. The zero-order valence-corrected chi connectivity index (χ0v) is 6.74. The summed E-state index contributed by atoms with van der Waals surface area (Å²) in [6.07, 6.45) is 0. The van der Waals surface area contributed by atoms with Gasteiger partial charge in [-0.25, -0.2) is 0 Å². The minimum atomic E-state index is -0.125. The first-order valence-corrected chi connectivity index (χ1v) is 2.26. The van der Waals surface area contributed by atoms with Crippen molar-refractivity contribution >= 4 is 23.1 Å². The molecule has 0 unspecified atom stereocenters. The molecule has 0 aliphatic carbocycles. The maximum Gasteiger partial charge on any atom is 0.0662 e. The van der Waals surface area contributed by atoms with Crippen LogP contribution in [-0.4, -0.2) is 69.9 Å². The highest BCUT2D eigenvalue weighted by atomic mass is 24.3. The Kier molecular flexibility index (Phi) is 42.5. The molecule has 0 saturated carbocycles. The molecule has 0 bridgehead atoms. The van der Waals surface area contributed by atoms with Gasteiger partial charge in [0.1, 0.15) is 0 Å². The van der Waals surface area contributed by atoms with Gasteiger partial charge in [0.25, 0.3) is 0 Å². The molecule has 0 aromatic carbocycles. The number of rotatable bonds is 2. The Balaban J connectivity index is -0.0000000720. The Morgan fingerprint density at radius 2 is 0.667 bits per heavy atom. The predicted octanol–water partition coefficient (Wildman–Crippen LogP) is -2.44. The molecule has 0 aliphatic heterocycles. The van der Waals surface area contributed by atoms with Gasteiger partial charge in [-0.05, 0) is 0 Å². The van der Waals surface area contributed by atoms with Crippen molar-refractivity contribution in [3.8, 4) is 0 Å². The summed E-state index contributed by atoms with van der Waals surface area (Å²) < 4.78 is 0. The summed E-state index contributed by atoms with van der Waals surface area (Å²) in [6.45, 7) is -0.500. The van der Waals surface area contributed by atoms with E-state index in [0.717, 1.165) is 0 Å². The first kappa shape index (κ1) is 16.3. The second-order valence-corrected chi connectivity index (χ2v) is 0.894. The number of hydrogen-bond acceptors (Lipinski definition) is 4. The fourth-order valence-electron chi connectivity index (χ4n) is 0. The van der Waals surface area contributed by atoms with E-state index in [9.17, 15) is 0 Å². The van der Waals surface area contributed by atoms with Crippen molar-refractivity contribution in [2.24, 2.45) is 0 Å². The average molecular weight is 148 g/mol. The van der Waals surface area contributed by atoms with Crippen molar-refractivity contribution in [2.45, 2.75) is 0 Å². The van der Waals surface area contributed by atoms with E-state index in [0.29, 0.717) is 0 Å². The summed E-state index contributed by atoms with van der Waals surface area (Å²) in [5.74, 6) is 0. The van der Waals surface area contributed by atoms with Crippen LogP contribution in [0.3, 0.4) is 0 Å². The smallest absolute Gasteiger partial charge is 0.0662 e. The van der Waals surface area contributed by atoms with Gasteiger partial charge in [0, 0.05) is 23.1 Å². The summed E-state index contributed by atoms with van der Waals surface area (Å²) in [4.78, 5) is 0. The van der Waals surface area contributed by atoms with Crippen LogP contribution in [0, 0.1) is 0 Å². The molecule has 54 valence electrons. The third kappa shape index (κ3) is 55.3. The molecule has 0 atom stereocenters. The molecule has 2 radical (unpaired) electrons. The van der Waals surface area contributed by atoms with Crippen LogP contribution < -0.4 is 0 Å². The molecule has 0 fully saturated rings. The lowest BCUT2D eigenvalue weighted by Gasteiger charge is -1.70. The van der Waals surface area contributed by atoms with Crippen LogP contribution in [0.2, 0.25) is 0 Å². The molecule has 0 amide bonds. The van der Waals surface area contributed by atoms with Gasteiger partial charge >= 0.3 is 0 Å². The van der Waals surface area contributed by atoms with Gasteiger partial charge in [0.2, 0.25) is 0 Å². The normalized spacial score (nSPS) is 6.67. The van der Waals surface area contributed by atoms with Crippen LogP contribution >= 0.6 is 0 Å². The Morgan fingerprint density at radius 3 is 0.667 bits per heavy atom. The van der Waals surface area contributed by atoms with E-state index in [1.807, 2.05) is 0 Å². The molecule has 0 aromatic heterocycles. The molecule has 0 aliphatic rings. The lowest BCUT2D eigenvalue weighted by atomic mass is 10.8. The largest absolute Gasteiger partial charge is 0.394 e. The average Bonchev–Trinajstić information content (AvgIpc) is 1.88. The molecule has 5 heteroatoms. The number of aliphatic hydroxyl groups excluding tert-OH is 4. The Morgan fingerprint density at radius 1 is 0.556 bits per heavy atom. The van der Waals surface area contributed by atoms with Crippen molar-refractivity contribution in [3.05, 3.63) is 0 Å². The second-order valence-electron chi connectivity index (χ2n) is 0.894. The van der Waals surface area contributed by atoms with Crippen molar-refractivity contribution in [1.82, 2.24) is 0 Å². The summed E-state index contributed by atoms with van der Waals surface area (Å²) in [7, 11) is 0. The first-order chi connectivity index (χ1) is 3.83. The first-order valence-electron chi connectivity index (χ1n) is 2.26. The van der Waals surface area contributed by atoms with Crippen molar-refractivity contribution in [2.75, 3.05) is 26.4 Å². The fraction of sp³-hybridized carbons (Fsp3) is 1.00. The minimum Gasteiger partial charge on any atom is -0.394 e. The molecule has 0 heterocycles. The van der Waals surface area contributed by atoms with Crippen LogP contribution in [0.15, 0.2) is 0 Å². The van der Waals surface area contributed by atoms with E-state index in [4.69, 9.17) is 20.4 Å². The SMILES string of the molecule is OCCO.OCCO.[Mg]. The van der Waals surface area contributed by atoms with Crippen LogP contribution in [-0.2, 0) is 0 Å². The van der Waals surface area contributed by atoms with Gasteiger partial charge in [0.15, 0.2) is 0 Å². The molecular weight excluding hydrogens is 136 g/mol. The quantitative estimate of drug-likeness (QED) is 0.328. The molecular formula is C4H12MgO4. The van der Waals surface area contributed by atoms with E-state index < -0.39 is 0 Å². The zero-order chi connectivity index (χ0) is 6.83.